The van der Waals surface area contributed by atoms with Gasteiger partial charge < -0.3 is 19.9 Å². The van der Waals surface area contributed by atoms with Gasteiger partial charge in [0.15, 0.2) is 0 Å². The molecule has 0 spiro atoms. The summed E-state index contributed by atoms with van der Waals surface area (Å²) in [7, 11) is 1.29. The number of hydrogen-bond donors (Lipinski definition) is 2. The highest BCUT2D eigenvalue weighted by Crippen LogP contribution is 2.32. The van der Waals surface area contributed by atoms with E-state index >= 15 is 0 Å². The molecule has 7 heteroatoms. The quantitative estimate of drug-likeness (QED) is 0.763. The van der Waals surface area contributed by atoms with Crippen molar-refractivity contribution in [1.82, 2.24) is 20.2 Å². The lowest BCUT2D eigenvalue weighted by Crippen LogP contribution is -2.51. The standard InChI is InChI=1S/C22H26N4O3/c1-5-15-8-10-16(11-9-15)17-13-23-20(24-17)18-7-6-12-26(18)21(27)19(14(2)3)25-22(28)29-4/h1,8-11,13-14,18-19H,6-7,12H2,2-4H3,(H,23,24)(H,25,28)/t18-,19?/m0/s1. The SMILES string of the molecule is C#Cc1ccc(-c2cnc([C@@H]3CCCN3C(=O)C(NC(=O)OC)C(C)C)[nH]2)cc1. The van der Waals surface area contributed by atoms with E-state index in [-0.39, 0.29) is 17.9 Å². The number of imidazole rings is 1. The van der Waals surface area contributed by atoms with E-state index in [1.165, 1.54) is 7.11 Å². The Morgan fingerprint density at radius 2 is 2.07 bits per heavy atom. The van der Waals surface area contributed by atoms with E-state index in [2.05, 4.69) is 25.9 Å². The largest absolute Gasteiger partial charge is 0.453 e. The molecular formula is C22H26N4O3. The molecule has 1 saturated heterocycles. The molecule has 0 aliphatic carbocycles. The maximum atomic E-state index is 13.2. The summed E-state index contributed by atoms with van der Waals surface area (Å²) in [5, 5.41) is 2.66. The number of carbonyl (C=O) groups is 2. The molecule has 1 aromatic heterocycles. The molecule has 1 fully saturated rings. The van der Waals surface area contributed by atoms with Gasteiger partial charge in [0.2, 0.25) is 5.91 Å². The van der Waals surface area contributed by atoms with Crippen LogP contribution in [0.5, 0.6) is 0 Å². The molecule has 2 heterocycles. The Balaban J connectivity index is 1.79. The Hall–Kier alpha value is -3.27. The number of benzene rings is 1. The van der Waals surface area contributed by atoms with Crippen LogP contribution in [0, 0.1) is 18.3 Å². The number of likely N-dealkylation sites (tertiary alicyclic amines) is 1. The Morgan fingerprint density at radius 3 is 2.69 bits per heavy atom. The van der Waals surface area contributed by atoms with Gasteiger partial charge in [-0.1, -0.05) is 31.9 Å². The number of carbonyl (C=O) groups excluding carboxylic acids is 2. The number of aromatic amines is 1. The van der Waals surface area contributed by atoms with Crippen LogP contribution in [0.1, 0.15) is 44.1 Å². The van der Waals surface area contributed by atoms with E-state index in [0.29, 0.717) is 6.54 Å². The highest BCUT2D eigenvalue weighted by molar-refractivity contribution is 5.86. The number of ether oxygens (including phenoxy) is 1. The first-order valence-electron chi connectivity index (χ1n) is 9.71. The van der Waals surface area contributed by atoms with Crippen LogP contribution >= 0.6 is 0 Å². The predicted molar refractivity (Wildman–Crippen MR) is 110 cm³/mol. The molecule has 1 aliphatic heterocycles. The Morgan fingerprint density at radius 1 is 1.34 bits per heavy atom. The minimum atomic E-state index is -0.645. The van der Waals surface area contributed by atoms with Crippen LogP contribution in [0.15, 0.2) is 30.5 Å². The second-order valence-electron chi connectivity index (χ2n) is 7.45. The van der Waals surface area contributed by atoms with Gasteiger partial charge in [-0.25, -0.2) is 9.78 Å². The molecule has 2 aromatic rings. The molecule has 0 radical (unpaired) electrons. The summed E-state index contributed by atoms with van der Waals surface area (Å²) in [6, 6.07) is 6.86. The van der Waals surface area contributed by atoms with Crippen molar-refractivity contribution in [3.05, 3.63) is 41.9 Å². The average molecular weight is 394 g/mol. The molecule has 1 aromatic carbocycles. The number of H-pyrrole nitrogens is 1. The van der Waals surface area contributed by atoms with Crippen LogP contribution in [0.3, 0.4) is 0 Å². The first-order chi connectivity index (χ1) is 13.9. The van der Waals surface area contributed by atoms with Gasteiger partial charge in [0.25, 0.3) is 0 Å². The molecule has 1 unspecified atom stereocenters. The van der Waals surface area contributed by atoms with Crippen LogP contribution in [0.2, 0.25) is 0 Å². The second-order valence-corrected chi connectivity index (χ2v) is 7.45. The number of nitrogens with one attached hydrogen (secondary N) is 2. The fraction of sp³-hybridized carbons (Fsp3) is 0.409. The van der Waals surface area contributed by atoms with Gasteiger partial charge in [0.05, 0.1) is 25.0 Å². The molecule has 2 atom stereocenters. The molecule has 2 N–H and O–H groups in total. The van der Waals surface area contributed by atoms with Gasteiger partial charge in [-0.3, -0.25) is 4.79 Å². The van der Waals surface area contributed by atoms with Gasteiger partial charge in [-0.05, 0) is 36.5 Å². The molecule has 0 saturated carbocycles. The normalized spacial score (nSPS) is 17.1. The molecule has 152 valence electrons. The Labute approximate surface area is 170 Å². The number of amides is 2. The van der Waals surface area contributed by atoms with Gasteiger partial charge in [0.1, 0.15) is 11.9 Å². The number of aromatic nitrogens is 2. The number of rotatable bonds is 5. The summed E-state index contributed by atoms with van der Waals surface area (Å²) in [5.74, 6) is 3.16. The van der Waals surface area contributed by atoms with E-state index in [9.17, 15) is 9.59 Å². The van der Waals surface area contributed by atoms with Crippen molar-refractivity contribution in [1.29, 1.82) is 0 Å². The predicted octanol–water partition coefficient (Wildman–Crippen LogP) is 3.10. The first-order valence-corrected chi connectivity index (χ1v) is 9.71. The third-order valence-corrected chi connectivity index (χ3v) is 5.20. The first kappa shape index (κ1) is 20.5. The van der Waals surface area contributed by atoms with E-state index < -0.39 is 12.1 Å². The molecule has 2 amide bonds. The summed E-state index contributed by atoms with van der Waals surface area (Å²) in [6.07, 6.45) is 8.27. The maximum Gasteiger partial charge on any atom is 0.407 e. The van der Waals surface area contributed by atoms with Crippen molar-refractivity contribution in [3.8, 4) is 23.6 Å². The summed E-state index contributed by atoms with van der Waals surface area (Å²) in [4.78, 5) is 34.5. The van der Waals surface area contributed by atoms with Crippen molar-refractivity contribution in [2.75, 3.05) is 13.7 Å². The van der Waals surface area contributed by atoms with Crippen molar-refractivity contribution in [3.63, 3.8) is 0 Å². The smallest absolute Gasteiger partial charge is 0.407 e. The van der Waals surface area contributed by atoms with Crippen molar-refractivity contribution >= 4 is 12.0 Å². The van der Waals surface area contributed by atoms with Crippen molar-refractivity contribution < 1.29 is 14.3 Å². The molecule has 29 heavy (non-hydrogen) atoms. The zero-order valence-corrected chi connectivity index (χ0v) is 16.9. The fourth-order valence-corrected chi connectivity index (χ4v) is 3.59. The number of nitrogens with zero attached hydrogens (tertiary/aromatic N) is 2. The number of terminal acetylenes is 1. The van der Waals surface area contributed by atoms with E-state index in [0.717, 1.165) is 35.5 Å². The van der Waals surface area contributed by atoms with Crippen LogP contribution in [0.4, 0.5) is 4.79 Å². The summed E-state index contributed by atoms with van der Waals surface area (Å²) < 4.78 is 4.67. The summed E-state index contributed by atoms with van der Waals surface area (Å²) >= 11 is 0. The van der Waals surface area contributed by atoms with Crippen LogP contribution in [-0.4, -0.2) is 46.6 Å². The fourth-order valence-electron chi connectivity index (χ4n) is 3.59. The Kier molecular flexibility index (Phi) is 6.23. The van der Waals surface area contributed by atoms with Crippen molar-refractivity contribution in [2.45, 2.75) is 38.8 Å². The topological polar surface area (TPSA) is 87.3 Å². The van der Waals surface area contributed by atoms with Crippen LogP contribution in [-0.2, 0) is 9.53 Å². The number of hydrogen-bond acceptors (Lipinski definition) is 4. The third kappa shape index (κ3) is 4.43. The molecule has 7 nitrogen and oxygen atoms in total. The van der Waals surface area contributed by atoms with Gasteiger partial charge >= 0.3 is 6.09 Å². The lowest BCUT2D eigenvalue weighted by molar-refractivity contribution is -0.135. The number of methoxy groups -OCH3 is 1. The Bertz CT molecular complexity index is 911. The lowest BCUT2D eigenvalue weighted by atomic mass is 10.0. The monoisotopic (exact) mass is 394 g/mol. The zero-order chi connectivity index (χ0) is 21.0. The minimum absolute atomic E-state index is 0.0651. The molecule has 1 aliphatic rings. The van der Waals surface area contributed by atoms with Crippen molar-refractivity contribution in [2.24, 2.45) is 5.92 Å². The molecule has 0 bridgehead atoms. The van der Waals surface area contributed by atoms with E-state index in [4.69, 9.17) is 6.42 Å². The average Bonchev–Trinajstić information content (AvgIpc) is 3.40. The highest BCUT2D eigenvalue weighted by atomic mass is 16.5. The van der Waals surface area contributed by atoms with Crippen LogP contribution in [0.25, 0.3) is 11.3 Å². The maximum absolute atomic E-state index is 13.2. The third-order valence-electron chi connectivity index (χ3n) is 5.20. The van der Waals surface area contributed by atoms with Crippen LogP contribution < -0.4 is 5.32 Å². The van der Waals surface area contributed by atoms with E-state index in [1.807, 2.05) is 38.1 Å². The molecular weight excluding hydrogens is 368 g/mol. The zero-order valence-electron chi connectivity index (χ0n) is 16.9. The van der Waals surface area contributed by atoms with Gasteiger partial charge in [0, 0.05) is 12.1 Å². The highest BCUT2D eigenvalue weighted by Gasteiger charge is 2.37. The van der Waals surface area contributed by atoms with E-state index in [1.54, 1.807) is 11.1 Å². The van der Waals surface area contributed by atoms with Gasteiger partial charge in [-0.15, -0.1) is 6.42 Å². The van der Waals surface area contributed by atoms with Gasteiger partial charge in [-0.2, -0.15) is 0 Å². The minimum Gasteiger partial charge on any atom is -0.453 e. The summed E-state index contributed by atoms with van der Waals surface area (Å²) in [6.45, 7) is 4.42. The number of alkyl carbamates (subject to hydrolysis) is 1. The second kappa shape index (κ2) is 8.82. The summed E-state index contributed by atoms with van der Waals surface area (Å²) in [5.41, 5.74) is 2.67. The lowest BCUT2D eigenvalue weighted by Gasteiger charge is -2.30. The molecule has 3 rings (SSSR count).